The van der Waals surface area contributed by atoms with Crippen LogP contribution in [0.25, 0.3) is 10.8 Å². The summed E-state index contributed by atoms with van der Waals surface area (Å²) in [7, 11) is 0. The maximum atomic E-state index is 13.4. The van der Waals surface area contributed by atoms with E-state index in [1.54, 1.807) is 0 Å². The summed E-state index contributed by atoms with van der Waals surface area (Å²) >= 11 is 0. The number of rotatable bonds is 4. The summed E-state index contributed by atoms with van der Waals surface area (Å²) < 4.78 is 5.57. The Morgan fingerprint density at radius 3 is 2.63 bits per heavy atom. The number of allylic oxidation sites excluding steroid dienone is 2. The molecule has 0 N–H and O–H groups in total. The van der Waals surface area contributed by atoms with Crippen LogP contribution >= 0.6 is 0 Å². The standard InChI is InChI=1S/C26H29NO3/c1-5-13-30-25(29)22-16(2)27-20-14-26(3,4)15-21(28)24(20)23(22)19-12-8-10-17-9-6-7-11-18(17)19/h6-12,22-23H,5,13-15H2,1-4H3/t22?,23-/m0/s1. The molecule has 2 atom stereocenters. The Kier molecular flexibility index (Phi) is 5.35. The van der Waals surface area contributed by atoms with E-state index in [9.17, 15) is 9.59 Å². The van der Waals surface area contributed by atoms with E-state index < -0.39 is 5.92 Å². The van der Waals surface area contributed by atoms with E-state index in [2.05, 4.69) is 32.0 Å². The molecule has 0 bridgehead atoms. The van der Waals surface area contributed by atoms with E-state index >= 15 is 0 Å². The first kappa shape index (κ1) is 20.5. The smallest absolute Gasteiger partial charge is 0.315 e. The van der Waals surface area contributed by atoms with Gasteiger partial charge in [-0.3, -0.25) is 14.6 Å². The predicted octanol–water partition coefficient (Wildman–Crippen LogP) is 5.61. The molecule has 0 aromatic heterocycles. The molecule has 0 saturated heterocycles. The van der Waals surface area contributed by atoms with Gasteiger partial charge in [0.25, 0.3) is 0 Å². The van der Waals surface area contributed by atoms with Crippen molar-refractivity contribution in [1.82, 2.24) is 0 Å². The molecule has 1 aliphatic heterocycles. The van der Waals surface area contributed by atoms with Gasteiger partial charge in [0.2, 0.25) is 0 Å². The van der Waals surface area contributed by atoms with Crippen LogP contribution < -0.4 is 0 Å². The van der Waals surface area contributed by atoms with Gasteiger partial charge in [-0.25, -0.2) is 0 Å². The van der Waals surface area contributed by atoms with Crippen molar-refractivity contribution >= 4 is 28.2 Å². The fourth-order valence-electron chi connectivity index (χ4n) is 4.90. The Hall–Kier alpha value is -2.75. The van der Waals surface area contributed by atoms with E-state index in [4.69, 9.17) is 9.73 Å². The van der Waals surface area contributed by atoms with Gasteiger partial charge in [0.15, 0.2) is 5.78 Å². The molecular formula is C26H29NO3. The highest BCUT2D eigenvalue weighted by molar-refractivity contribution is 6.10. The first-order chi connectivity index (χ1) is 14.3. The van der Waals surface area contributed by atoms with Gasteiger partial charge in [0, 0.05) is 29.3 Å². The van der Waals surface area contributed by atoms with Gasteiger partial charge in [-0.1, -0.05) is 63.2 Å². The lowest BCUT2D eigenvalue weighted by atomic mass is 9.66. The molecule has 0 spiro atoms. The molecule has 2 aromatic carbocycles. The summed E-state index contributed by atoms with van der Waals surface area (Å²) in [6.07, 6.45) is 1.97. The van der Waals surface area contributed by atoms with Crippen molar-refractivity contribution in [2.24, 2.45) is 16.3 Å². The van der Waals surface area contributed by atoms with E-state index in [1.165, 1.54) is 0 Å². The topological polar surface area (TPSA) is 55.7 Å². The molecule has 2 aromatic rings. The van der Waals surface area contributed by atoms with E-state index in [1.807, 2.05) is 38.1 Å². The molecule has 4 rings (SSSR count). The molecule has 0 saturated carbocycles. The van der Waals surface area contributed by atoms with Gasteiger partial charge in [-0.2, -0.15) is 0 Å². The second kappa shape index (κ2) is 7.82. The number of nitrogens with zero attached hydrogens (tertiary/aromatic N) is 1. The highest BCUT2D eigenvalue weighted by atomic mass is 16.5. The summed E-state index contributed by atoms with van der Waals surface area (Å²) in [5.74, 6) is -1.13. The van der Waals surface area contributed by atoms with Gasteiger partial charge in [-0.05, 0) is 41.5 Å². The zero-order valence-electron chi connectivity index (χ0n) is 18.2. The zero-order chi connectivity index (χ0) is 21.5. The summed E-state index contributed by atoms with van der Waals surface area (Å²) in [6.45, 7) is 8.45. The Morgan fingerprint density at radius 1 is 1.13 bits per heavy atom. The summed E-state index contributed by atoms with van der Waals surface area (Å²) in [5.41, 5.74) is 3.15. The molecule has 1 heterocycles. The molecule has 30 heavy (non-hydrogen) atoms. The molecule has 0 radical (unpaired) electrons. The third kappa shape index (κ3) is 3.60. The lowest BCUT2D eigenvalue weighted by Gasteiger charge is -2.39. The van der Waals surface area contributed by atoms with E-state index in [-0.39, 0.29) is 23.1 Å². The number of hydrogen-bond donors (Lipinski definition) is 0. The Bertz CT molecular complexity index is 1070. The molecule has 0 fully saturated rings. The van der Waals surface area contributed by atoms with Crippen molar-refractivity contribution in [3.63, 3.8) is 0 Å². The number of Topliss-reactive ketones (excluding diaryl/α,β-unsaturated/α-hetero) is 1. The third-order valence-corrected chi connectivity index (χ3v) is 6.16. The number of carbonyl (C=O) groups is 2. The van der Waals surface area contributed by atoms with Gasteiger partial charge in [0.1, 0.15) is 5.92 Å². The summed E-state index contributed by atoms with van der Waals surface area (Å²) in [4.78, 5) is 31.3. The summed E-state index contributed by atoms with van der Waals surface area (Å²) in [6, 6.07) is 14.3. The van der Waals surface area contributed by atoms with Crippen LogP contribution in [0.4, 0.5) is 0 Å². The molecule has 4 nitrogen and oxygen atoms in total. The number of ether oxygens (including phenoxy) is 1. The van der Waals surface area contributed by atoms with Crippen LogP contribution in [0.15, 0.2) is 58.7 Å². The third-order valence-electron chi connectivity index (χ3n) is 6.16. The minimum Gasteiger partial charge on any atom is -0.465 e. The number of carbonyl (C=O) groups excluding carboxylic acids is 2. The van der Waals surface area contributed by atoms with Crippen molar-refractivity contribution in [1.29, 1.82) is 0 Å². The fourth-order valence-corrected chi connectivity index (χ4v) is 4.90. The quantitative estimate of drug-likeness (QED) is 0.624. The zero-order valence-corrected chi connectivity index (χ0v) is 18.2. The number of ketones is 1. The number of aliphatic imine (C=N–C) groups is 1. The van der Waals surface area contributed by atoms with Crippen LogP contribution in [0.2, 0.25) is 0 Å². The highest BCUT2D eigenvalue weighted by Crippen LogP contribution is 2.49. The maximum Gasteiger partial charge on any atom is 0.315 e. The van der Waals surface area contributed by atoms with Crippen molar-refractivity contribution < 1.29 is 14.3 Å². The number of esters is 1. The monoisotopic (exact) mass is 403 g/mol. The first-order valence-electron chi connectivity index (χ1n) is 10.8. The number of hydrogen-bond acceptors (Lipinski definition) is 4. The maximum absolute atomic E-state index is 13.4. The average molecular weight is 404 g/mol. The lowest BCUT2D eigenvalue weighted by molar-refractivity contribution is -0.146. The van der Waals surface area contributed by atoms with Gasteiger partial charge >= 0.3 is 5.97 Å². The van der Waals surface area contributed by atoms with Crippen LogP contribution in [-0.4, -0.2) is 24.1 Å². The SMILES string of the molecule is CCCOC(=O)C1C(C)=NC2=C(C(=O)CC(C)(C)C2)[C@H]1c1cccc2ccccc12. The molecule has 4 heteroatoms. The van der Waals surface area contributed by atoms with Crippen LogP contribution in [0.3, 0.4) is 0 Å². The fraction of sp³-hybridized carbons (Fsp3) is 0.423. The molecule has 0 amide bonds. The largest absolute Gasteiger partial charge is 0.465 e. The lowest BCUT2D eigenvalue weighted by Crippen LogP contribution is -2.39. The van der Waals surface area contributed by atoms with E-state index in [0.29, 0.717) is 18.6 Å². The number of benzene rings is 2. The Labute approximate surface area is 178 Å². The van der Waals surface area contributed by atoms with E-state index in [0.717, 1.165) is 40.6 Å². The molecule has 1 unspecified atom stereocenters. The normalized spacial score (nSPS) is 23.2. The van der Waals surface area contributed by atoms with Crippen molar-refractivity contribution in [3.05, 3.63) is 59.3 Å². The number of fused-ring (bicyclic) bond motifs is 1. The Morgan fingerprint density at radius 2 is 1.87 bits per heavy atom. The van der Waals surface area contributed by atoms with Crippen LogP contribution in [0.5, 0.6) is 0 Å². The Balaban J connectivity index is 1.93. The molecule has 156 valence electrons. The predicted molar refractivity (Wildman–Crippen MR) is 120 cm³/mol. The van der Waals surface area contributed by atoms with Crippen molar-refractivity contribution in [3.8, 4) is 0 Å². The average Bonchev–Trinajstić information content (AvgIpc) is 2.69. The second-order valence-corrected chi connectivity index (χ2v) is 9.25. The van der Waals surface area contributed by atoms with Gasteiger partial charge in [0.05, 0.1) is 6.61 Å². The molecular weight excluding hydrogens is 374 g/mol. The van der Waals surface area contributed by atoms with Crippen LogP contribution in [0, 0.1) is 11.3 Å². The summed E-state index contributed by atoms with van der Waals surface area (Å²) in [5, 5.41) is 2.17. The highest BCUT2D eigenvalue weighted by Gasteiger charge is 2.46. The van der Waals surface area contributed by atoms with Crippen molar-refractivity contribution in [2.45, 2.75) is 52.9 Å². The van der Waals surface area contributed by atoms with Gasteiger partial charge in [-0.15, -0.1) is 0 Å². The van der Waals surface area contributed by atoms with Crippen molar-refractivity contribution in [2.75, 3.05) is 6.61 Å². The molecule has 2 aliphatic rings. The molecule has 1 aliphatic carbocycles. The van der Waals surface area contributed by atoms with Crippen LogP contribution in [0.1, 0.15) is 58.4 Å². The second-order valence-electron chi connectivity index (χ2n) is 9.25. The first-order valence-corrected chi connectivity index (χ1v) is 10.8. The van der Waals surface area contributed by atoms with Crippen LogP contribution in [-0.2, 0) is 14.3 Å². The minimum atomic E-state index is -0.578. The van der Waals surface area contributed by atoms with Gasteiger partial charge < -0.3 is 4.74 Å². The minimum absolute atomic E-state index is 0.101.